The SMILES string of the molecule is O=C(O)c1cc(F)cc(-c2ccc(O)cc2)c1. The van der Waals surface area contributed by atoms with Gasteiger partial charge in [0.15, 0.2) is 0 Å². The molecular formula is C13H9FO3. The molecule has 0 amide bonds. The zero-order valence-electron chi connectivity index (χ0n) is 8.72. The second-order valence-corrected chi connectivity index (χ2v) is 3.58. The van der Waals surface area contributed by atoms with Gasteiger partial charge in [0.1, 0.15) is 11.6 Å². The van der Waals surface area contributed by atoms with Gasteiger partial charge in [-0.05, 0) is 41.5 Å². The number of benzene rings is 2. The summed E-state index contributed by atoms with van der Waals surface area (Å²) in [6, 6.07) is 9.70. The standard InChI is InChI=1S/C13H9FO3/c14-11-6-9(5-10(7-11)13(16)17)8-1-3-12(15)4-2-8/h1-7,15H,(H,16,17). The van der Waals surface area contributed by atoms with Crippen LogP contribution in [0.2, 0.25) is 0 Å². The minimum atomic E-state index is -1.18. The third-order valence-corrected chi connectivity index (χ3v) is 2.35. The number of aromatic carboxylic acids is 1. The van der Waals surface area contributed by atoms with Crippen LogP contribution in [0.3, 0.4) is 0 Å². The first kappa shape index (κ1) is 11.1. The Hall–Kier alpha value is -2.36. The van der Waals surface area contributed by atoms with E-state index in [0.29, 0.717) is 11.1 Å². The summed E-state index contributed by atoms with van der Waals surface area (Å²) in [4.78, 5) is 10.8. The number of halogens is 1. The Morgan fingerprint density at radius 2 is 1.65 bits per heavy atom. The van der Waals surface area contributed by atoms with Crippen molar-refractivity contribution in [2.24, 2.45) is 0 Å². The number of phenolic OH excluding ortho intramolecular Hbond substituents is 1. The van der Waals surface area contributed by atoms with Crippen molar-refractivity contribution in [2.75, 3.05) is 0 Å². The van der Waals surface area contributed by atoms with E-state index >= 15 is 0 Å². The van der Waals surface area contributed by atoms with E-state index < -0.39 is 11.8 Å². The predicted octanol–water partition coefficient (Wildman–Crippen LogP) is 2.90. The Balaban J connectivity index is 2.51. The molecule has 0 aliphatic rings. The highest BCUT2D eigenvalue weighted by Gasteiger charge is 2.08. The van der Waals surface area contributed by atoms with Gasteiger partial charge in [-0.1, -0.05) is 12.1 Å². The number of carboxylic acids is 1. The van der Waals surface area contributed by atoms with Gasteiger partial charge in [0.05, 0.1) is 5.56 Å². The van der Waals surface area contributed by atoms with Crippen LogP contribution in [0.1, 0.15) is 10.4 Å². The second-order valence-electron chi connectivity index (χ2n) is 3.58. The van der Waals surface area contributed by atoms with Gasteiger partial charge in [0.2, 0.25) is 0 Å². The Bertz CT molecular complexity index is 561. The summed E-state index contributed by atoms with van der Waals surface area (Å²) >= 11 is 0. The van der Waals surface area contributed by atoms with E-state index in [2.05, 4.69) is 0 Å². The lowest BCUT2D eigenvalue weighted by atomic mass is 10.0. The third-order valence-electron chi connectivity index (χ3n) is 2.35. The minimum absolute atomic E-state index is 0.101. The second kappa shape index (κ2) is 4.25. The Morgan fingerprint density at radius 3 is 2.24 bits per heavy atom. The van der Waals surface area contributed by atoms with E-state index in [-0.39, 0.29) is 11.3 Å². The normalized spacial score (nSPS) is 10.2. The molecule has 3 nitrogen and oxygen atoms in total. The van der Waals surface area contributed by atoms with E-state index in [0.717, 1.165) is 6.07 Å². The molecular weight excluding hydrogens is 223 g/mol. The number of hydrogen-bond donors (Lipinski definition) is 2. The fourth-order valence-corrected chi connectivity index (χ4v) is 1.53. The summed E-state index contributed by atoms with van der Waals surface area (Å²) in [5, 5.41) is 18.0. The molecule has 0 aromatic heterocycles. The summed E-state index contributed by atoms with van der Waals surface area (Å²) in [5.74, 6) is -1.68. The molecule has 0 saturated carbocycles. The Labute approximate surface area is 96.8 Å². The smallest absolute Gasteiger partial charge is 0.335 e. The van der Waals surface area contributed by atoms with Gasteiger partial charge in [0.25, 0.3) is 0 Å². The number of carbonyl (C=O) groups is 1. The molecule has 0 fully saturated rings. The minimum Gasteiger partial charge on any atom is -0.508 e. The number of aromatic hydroxyl groups is 1. The molecule has 0 saturated heterocycles. The molecule has 0 aliphatic heterocycles. The van der Waals surface area contributed by atoms with E-state index in [1.165, 1.54) is 24.3 Å². The van der Waals surface area contributed by atoms with Crippen molar-refractivity contribution < 1.29 is 19.4 Å². The molecule has 2 rings (SSSR count). The molecule has 86 valence electrons. The summed E-state index contributed by atoms with van der Waals surface area (Å²) in [7, 11) is 0. The largest absolute Gasteiger partial charge is 0.508 e. The van der Waals surface area contributed by atoms with Crippen LogP contribution in [0, 0.1) is 5.82 Å². The van der Waals surface area contributed by atoms with Crippen LogP contribution in [-0.4, -0.2) is 16.2 Å². The van der Waals surface area contributed by atoms with Gasteiger partial charge in [-0.15, -0.1) is 0 Å². The Morgan fingerprint density at radius 1 is 1.00 bits per heavy atom. The van der Waals surface area contributed by atoms with E-state index in [1.54, 1.807) is 12.1 Å². The first-order valence-electron chi connectivity index (χ1n) is 4.89. The molecule has 2 aromatic rings. The lowest BCUT2D eigenvalue weighted by Gasteiger charge is -2.04. The van der Waals surface area contributed by atoms with Gasteiger partial charge in [-0.25, -0.2) is 9.18 Å². The quantitative estimate of drug-likeness (QED) is 0.836. The number of phenols is 1. The van der Waals surface area contributed by atoms with E-state index in [9.17, 15) is 9.18 Å². The number of rotatable bonds is 2. The highest BCUT2D eigenvalue weighted by Crippen LogP contribution is 2.24. The summed E-state index contributed by atoms with van der Waals surface area (Å²) in [6.07, 6.45) is 0. The average Bonchev–Trinajstić information content (AvgIpc) is 2.29. The van der Waals surface area contributed by atoms with Crippen LogP contribution < -0.4 is 0 Å². The van der Waals surface area contributed by atoms with Crippen LogP contribution in [0.5, 0.6) is 5.75 Å². The molecule has 0 bridgehead atoms. The van der Waals surface area contributed by atoms with Gasteiger partial charge in [0, 0.05) is 0 Å². The summed E-state index contributed by atoms with van der Waals surface area (Å²) in [5.41, 5.74) is 1.00. The molecule has 17 heavy (non-hydrogen) atoms. The fourth-order valence-electron chi connectivity index (χ4n) is 1.53. The van der Waals surface area contributed by atoms with Crippen molar-refractivity contribution in [1.82, 2.24) is 0 Å². The van der Waals surface area contributed by atoms with Crippen LogP contribution in [0.25, 0.3) is 11.1 Å². The Kier molecular flexibility index (Phi) is 2.78. The van der Waals surface area contributed by atoms with Gasteiger partial charge in [-0.3, -0.25) is 0 Å². The van der Waals surface area contributed by atoms with Crippen molar-refractivity contribution in [2.45, 2.75) is 0 Å². The highest BCUT2D eigenvalue weighted by molar-refractivity contribution is 5.89. The maximum atomic E-state index is 13.2. The first-order valence-corrected chi connectivity index (χ1v) is 4.89. The molecule has 0 aliphatic carbocycles. The zero-order valence-corrected chi connectivity index (χ0v) is 8.72. The average molecular weight is 232 g/mol. The van der Waals surface area contributed by atoms with Crippen molar-refractivity contribution >= 4 is 5.97 Å². The molecule has 2 N–H and O–H groups in total. The van der Waals surface area contributed by atoms with Crippen molar-refractivity contribution in [3.8, 4) is 16.9 Å². The first-order chi connectivity index (χ1) is 8.06. The lowest BCUT2D eigenvalue weighted by molar-refractivity contribution is 0.0696. The maximum Gasteiger partial charge on any atom is 0.335 e. The van der Waals surface area contributed by atoms with Crippen LogP contribution >= 0.6 is 0 Å². The molecule has 0 unspecified atom stereocenters. The van der Waals surface area contributed by atoms with Crippen molar-refractivity contribution in [3.05, 3.63) is 53.8 Å². The lowest BCUT2D eigenvalue weighted by Crippen LogP contribution is -1.97. The summed E-state index contributed by atoms with van der Waals surface area (Å²) < 4.78 is 13.2. The molecule has 0 spiro atoms. The molecule has 2 aromatic carbocycles. The topological polar surface area (TPSA) is 57.5 Å². The van der Waals surface area contributed by atoms with Crippen LogP contribution in [0.15, 0.2) is 42.5 Å². The van der Waals surface area contributed by atoms with Crippen molar-refractivity contribution in [3.63, 3.8) is 0 Å². The molecule has 4 heteroatoms. The zero-order chi connectivity index (χ0) is 12.4. The monoisotopic (exact) mass is 232 g/mol. The summed E-state index contributed by atoms with van der Waals surface area (Å²) in [6.45, 7) is 0. The van der Waals surface area contributed by atoms with Crippen LogP contribution in [0.4, 0.5) is 4.39 Å². The fraction of sp³-hybridized carbons (Fsp3) is 0. The van der Waals surface area contributed by atoms with Crippen molar-refractivity contribution in [1.29, 1.82) is 0 Å². The highest BCUT2D eigenvalue weighted by atomic mass is 19.1. The maximum absolute atomic E-state index is 13.2. The van der Waals surface area contributed by atoms with Gasteiger partial charge in [-0.2, -0.15) is 0 Å². The predicted molar refractivity (Wildman–Crippen MR) is 60.5 cm³/mol. The van der Waals surface area contributed by atoms with E-state index in [1.807, 2.05) is 0 Å². The van der Waals surface area contributed by atoms with Crippen LogP contribution in [-0.2, 0) is 0 Å². The van der Waals surface area contributed by atoms with Gasteiger partial charge >= 0.3 is 5.97 Å². The number of carboxylic acid groups (broad SMARTS) is 1. The molecule has 0 radical (unpaired) electrons. The molecule has 0 heterocycles. The molecule has 0 atom stereocenters. The van der Waals surface area contributed by atoms with E-state index in [4.69, 9.17) is 10.2 Å². The van der Waals surface area contributed by atoms with Gasteiger partial charge < -0.3 is 10.2 Å². The number of hydrogen-bond acceptors (Lipinski definition) is 2. The third kappa shape index (κ3) is 2.42.